The van der Waals surface area contributed by atoms with E-state index in [1.807, 2.05) is 0 Å². The van der Waals surface area contributed by atoms with Gasteiger partial charge in [-0.3, -0.25) is 0 Å². The molecule has 0 radical (unpaired) electrons. The highest BCUT2D eigenvalue weighted by molar-refractivity contribution is 7.99. The van der Waals surface area contributed by atoms with Crippen molar-refractivity contribution in [2.24, 2.45) is 0 Å². The Balaban J connectivity index is 2.39. The first-order chi connectivity index (χ1) is 8.61. The second-order valence-electron chi connectivity index (χ2n) is 3.40. The zero-order valence-corrected chi connectivity index (χ0v) is 10.7. The van der Waals surface area contributed by atoms with Crippen LogP contribution in [0.5, 0.6) is 0 Å². The normalized spacial score (nSPS) is 10.3. The molecule has 2 rings (SSSR count). The number of benzene rings is 1. The summed E-state index contributed by atoms with van der Waals surface area (Å²) in [7, 11) is 1.32. The van der Waals surface area contributed by atoms with Crippen LogP contribution in [0.1, 0.15) is 16.2 Å². The zero-order chi connectivity index (χ0) is 13.1. The van der Waals surface area contributed by atoms with E-state index in [1.165, 1.54) is 7.11 Å². The van der Waals surface area contributed by atoms with Crippen molar-refractivity contribution in [1.29, 1.82) is 0 Å². The van der Waals surface area contributed by atoms with Crippen LogP contribution in [0, 0.1) is 6.92 Å². The summed E-state index contributed by atoms with van der Waals surface area (Å²) < 4.78 is 9.94. The first-order valence-electron chi connectivity index (χ1n) is 5.06. The fourth-order valence-corrected chi connectivity index (χ4v) is 2.21. The van der Waals surface area contributed by atoms with Gasteiger partial charge in [0, 0.05) is 12.6 Å². The number of rotatable bonds is 3. The van der Waals surface area contributed by atoms with Gasteiger partial charge in [-0.2, -0.15) is 0 Å². The second-order valence-corrected chi connectivity index (χ2v) is 4.37. The van der Waals surface area contributed by atoms with Crippen LogP contribution in [0.2, 0.25) is 0 Å². The topological polar surface area (TPSA) is 91.2 Å². The average molecular weight is 265 g/mol. The van der Waals surface area contributed by atoms with Crippen LogP contribution in [0.25, 0.3) is 0 Å². The van der Waals surface area contributed by atoms with Crippen molar-refractivity contribution in [3.8, 4) is 0 Å². The molecule has 0 unspecified atom stereocenters. The average Bonchev–Trinajstić information content (AvgIpc) is 2.76. The Labute approximate surface area is 108 Å². The number of aryl methyl sites for hydroxylation is 1. The molecule has 2 aromatic rings. The minimum atomic E-state index is -0.457. The third-order valence-corrected chi connectivity index (χ3v) is 3.15. The van der Waals surface area contributed by atoms with Gasteiger partial charge in [0.05, 0.1) is 17.6 Å². The largest absolute Gasteiger partial charge is 0.465 e. The zero-order valence-electron chi connectivity index (χ0n) is 9.84. The Morgan fingerprint density at radius 1 is 1.44 bits per heavy atom. The summed E-state index contributed by atoms with van der Waals surface area (Å²) >= 11 is 1.14. The summed E-state index contributed by atoms with van der Waals surface area (Å²) in [6, 6.07) is 5.01. The highest BCUT2D eigenvalue weighted by atomic mass is 32.2. The van der Waals surface area contributed by atoms with Crippen LogP contribution in [-0.2, 0) is 4.74 Å². The van der Waals surface area contributed by atoms with Gasteiger partial charge in [-0.15, -0.1) is 10.2 Å². The fraction of sp³-hybridized carbons (Fsp3) is 0.182. The van der Waals surface area contributed by atoms with Crippen LogP contribution in [0.3, 0.4) is 0 Å². The van der Waals surface area contributed by atoms with Crippen molar-refractivity contribution >= 4 is 23.4 Å². The van der Waals surface area contributed by atoms with E-state index in [4.69, 9.17) is 14.9 Å². The molecule has 2 N–H and O–H groups in total. The maximum atomic E-state index is 11.6. The van der Waals surface area contributed by atoms with Gasteiger partial charge >= 0.3 is 5.97 Å². The van der Waals surface area contributed by atoms with Crippen molar-refractivity contribution in [3.63, 3.8) is 0 Å². The van der Waals surface area contributed by atoms with E-state index >= 15 is 0 Å². The van der Waals surface area contributed by atoms with E-state index < -0.39 is 5.97 Å². The van der Waals surface area contributed by atoms with Gasteiger partial charge < -0.3 is 14.9 Å². The van der Waals surface area contributed by atoms with Gasteiger partial charge in [0.1, 0.15) is 0 Å². The van der Waals surface area contributed by atoms with Gasteiger partial charge in [-0.25, -0.2) is 4.79 Å². The number of esters is 1. The number of aromatic nitrogens is 2. The molecule has 6 nitrogen and oxygen atoms in total. The number of anilines is 1. The molecule has 1 aromatic carbocycles. The highest BCUT2D eigenvalue weighted by Gasteiger charge is 2.17. The molecule has 0 saturated carbocycles. The Kier molecular flexibility index (Phi) is 3.52. The quantitative estimate of drug-likeness (QED) is 0.669. The molecule has 0 aliphatic rings. The number of hydrogen-bond donors (Lipinski definition) is 1. The van der Waals surface area contributed by atoms with E-state index in [2.05, 4.69) is 10.2 Å². The van der Waals surface area contributed by atoms with Crippen LogP contribution in [-0.4, -0.2) is 23.3 Å². The molecular weight excluding hydrogens is 254 g/mol. The first-order valence-corrected chi connectivity index (χ1v) is 5.88. The molecule has 0 aliphatic carbocycles. The molecule has 0 aliphatic heterocycles. The number of hydrogen-bond acceptors (Lipinski definition) is 7. The lowest BCUT2D eigenvalue weighted by atomic mass is 10.2. The predicted octanol–water partition coefficient (Wildman–Crippen LogP) is 1.90. The van der Waals surface area contributed by atoms with E-state index in [-0.39, 0.29) is 0 Å². The van der Waals surface area contributed by atoms with E-state index in [1.54, 1.807) is 25.1 Å². The summed E-state index contributed by atoms with van der Waals surface area (Å²) in [4.78, 5) is 12.2. The van der Waals surface area contributed by atoms with Crippen molar-refractivity contribution < 1.29 is 13.9 Å². The van der Waals surface area contributed by atoms with Crippen LogP contribution in [0.15, 0.2) is 32.7 Å². The molecule has 0 bridgehead atoms. The minimum absolute atomic E-state index is 0.329. The maximum absolute atomic E-state index is 11.6. The first kappa shape index (κ1) is 12.4. The molecule has 0 amide bonds. The third-order valence-electron chi connectivity index (χ3n) is 2.15. The molecule has 1 heterocycles. The lowest BCUT2D eigenvalue weighted by Gasteiger charge is -2.07. The number of nitrogen functional groups attached to an aromatic ring is 1. The van der Waals surface area contributed by atoms with Gasteiger partial charge in [0.25, 0.3) is 5.22 Å². The molecule has 0 atom stereocenters. The standard InChI is InChI=1S/C11H11N3O3S/c1-6-13-14-11(17-6)18-9-7(10(15)16-2)4-3-5-8(9)12/h3-5H,12H2,1-2H3. The summed E-state index contributed by atoms with van der Waals surface area (Å²) in [5.41, 5.74) is 6.68. The number of nitrogens with two attached hydrogens (primary N) is 1. The molecule has 0 fully saturated rings. The molecule has 7 heteroatoms. The lowest BCUT2D eigenvalue weighted by Crippen LogP contribution is -2.05. The SMILES string of the molecule is COC(=O)c1cccc(N)c1Sc1nnc(C)o1. The molecular formula is C11H11N3O3S. The van der Waals surface area contributed by atoms with Gasteiger partial charge in [-0.05, 0) is 23.9 Å². The molecule has 1 aromatic heterocycles. The fourth-order valence-electron chi connectivity index (χ4n) is 1.35. The number of ether oxygens (including phenoxy) is 1. The summed E-state index contributed by atoms with van der Waals surface area (Å²) in [5, 5.41) is 7.89. The highest BCUT2D eigenvalue weighted by Crippen LogP contribution is 2.34. The molecule has 94 valence electrons. The van der Waals surface area contributed by atoms with Crippen molar-refractivity contribution in [1.82, 2.24) is 10.2 Å². The maximum Gasteiger partial charge on any atom is 0.339 e. The number of carbonyl (C=O) groups excluding carboxylic acids is 1. The summed E-state index contributed by atoms with van der Waals surface area (Å²) in [6.45, 7) is 1.69. The van der Waals surface area contributed by atoms with Crippen LogP contribution >= 0.6 is 11.8 Å². The van der Waals surface area contributed by atoms with E-state index in [0.717, 1.165) is 11.8 Å². The number of carbonyl (C=O) groups is 1. The van der Waals surface area contributed by atoms with Gasteiger partial charge in [0.15, 0.2) is 0 Å². The van der Waals surface area contributed by atoms with E-state index in [0.29, 0.717) is 27.3 Å². The minimum Gasteiger partial charge on any atom is -0.465 e. The van der Waals surface area contributed by atoms with Gasteiger partial charge in [0.2, 0.25) is 5.89 Å². The monoisotopic (exact) mass is 265 g/mol. The second kappa shape index (κ2) is 5.09. The Morgan fingerprint density at radius 3 is 2.83 bits per heavy atom. The van der Waals surface area contributed by atoms with Crippen molar-refractivity contribution in [2.75, 3.05) is 12.8 Å². The van der Waals surface area contributed by atoms with E-state index in [9.17, 15) is 4.79 Å². The van der Waals surface area contributed by atoms with Gasteiger partial charge in [-0.1, -0.05) is 6.07 Å². The smallest absolute Gasteiger partial charge is 0.339 e. The summed E-state index contributed by atoms with van der Waals surface area (Å²) in [5.74, 6) is -0.00680. The molecule has 0 spiro atoms. The van der Waals surface area contributed by atoms with Crippen molar-refractivity contribution in [2.45, 2.75) is 17.0 Å². The number of nitrogens with zero attached hydrogens (tertiary/aromatic N) is 2. The predicted molar refractivity (Wildman–Crippen MR) is 65.4 cm³/mol. The lowest BCUT2D eigenvalue weighted by molar-refractivity contribution is 0.0597. The molecule has 0 saturated heterocycles. The molecule has 18 heavy (non-hydrogen) atoms. The number of methoxy groups -OCH3 is 1. The Hall–Kier alpha value is -2.02. The Morgan fingerprint density at radius 2 is 2.22 bits per heavy atom. The summed E-state index contributed by atoms with van der Waals surface area (Å²) in [6.07, 6.45) is 0. The van der Waals surface area contributed by atoms with Crippen LogP contribution < -0.4 is 5.73 Å². The van der Waals surface area contributed by atoms with Crippen LogP contribution in [0.4, 0.5) is 5.69 Å². The Bertz CT molecular complexity index is 583. The van der Waals surface area contributed by atoms with Crippen molar-refractivity contribution in [3.05, 3.63) is 29.7 Å². The third kappa shape index (κ3) is 2.45.